The number of hydrogen-bond acceptors (Lipinski definition) is 7. The highest BCUT2D eigenvalue weighted by atomic mass is 32.1. The van der Waals surface area contributed by atoms with Gasteiger partial charge in [0, 0.05) is 17.3 Å². The van der Waals surface area contributed by atoms with Gasteiger partial charge in [-0.2, -0.15) is 5.10 Å². The van der Waals surface area contributed by atoms with Gasteiger partial charge >= 0.3 is 0 Å². The number of amides is 1. The summed E-state index contributed by atoms with van der Waals surface area (Å²) in [6.07, 6.45) is 3.99. The van der Waals surface area contributed by atoms with Crippen LogP contribution in [-0.4, -0.2) is 32.2 Å². The zero-order chi connectivity index (χ0) is 22.2. The number of rotatable bonds is 4. The highest BCUT2D eigenvalue weighted by Crippen LogP contribution is 2.43. The smallest absolute Gasteiger partial charge is 0.239 e. The number of para-hydroxylation sites is 1. The predicted molar refractivity (Wildman–Crippen MR) is 122 cm³/mol. The largest absolute Gasteiger partial charge is 0.384 e. The molecule has 5 rings (SSSR count). The Balaban J connectivity index is 1.75. The first-order valence-corrected chi connectivity index (χ1v) is 11.0. The Labute approximate surface area is 187 Å². The Morgan fingerprint density at radius 2 is 2.06 bits per heavy atom. The molecular formula is C22H20FN7OS. The summed E-state index contributed by atoms with van der Waals surface area (Å²) in [7, 11) is 0. The molecule has 0 bridgehead atoms. The molecule has 0 saturated heterocycles. The number of thiazole rings is 1. The summed E-state index contributed by atoms with van der Waals surface area (Å²) in [5, 5.41) is 8.02. The van der Waals surface area contributed by atoms with Crippen molar-refractivity contribution < 1.29 is 9.18 Å². The fourth-order valence-corrected chi connectivity index (χ4v) is 4.94. The summed E-state index contributed by atoms with van der Waals surface area (Å²) in [6, 6.07) is 10.1. The third-order valence-electron chi connectivity index (χ3n) is 5.31. The number of nitrogens with zero attached hydrogens (tertiary/aromatic N) is 4. The first kappa shape index (κ1) is 20.3. The molecule has 32 heavy (non-hydrogen) atoms. The molecule has 5 N–H and O–H groups in total. The van der Waals surface area contributed by atoms with E-state index in [4.69, 9.17) is 16.6 Å². The van der Waals surface area contributed by atoms with E-state index in [0.29, 0.717) is 16.6 Å². The topological polar surface area (TPSA) is 125 Å². The van der Waals surface area contributed by atoms with Crippen LogP contribution < -0.4 is 16.8 Å². The summed E-state index contributed by atoms with van der Waals surface area (Å²) in [4.78, 5) is 21.5. The van der Waals surface area contributed by atoms with E-state index in [-0.39, 0.29) is 18.3 Å². The molecule has 3 aromatic heterocycles. The molecule has 4 aromatic rings. The average molecular weight is 450 g/mol. The van der Waals surface area contributed by atoms with Gasteiger partial charge in [0.1, 0.15) is 17.3 Å². The van der Waals surface area contributed by atoms with Crippen LogP contribution in [0.3, 0.4) is 0 Å². The van der Waals surface area contributed by atoms with Crippen LogP contribution >= 0.6 is 11.3 Å². The number of carbonyl (C=O) groups is 1. The van der Waals surface area contributed by atoms with E-state index in [0.717, 1.165) is 52.3 Å². The van der Waals surface area contributed by atoms with Crippen LogP contribution in [0.15, 0.2) is 42.6 Å². The molecule has 0 atom stereocenters. The minimum atomic E-state index is -0.383. The number of aryl methyl sites for hydroxylation is 1. The number of aromatic nitrogens is 4. The van der Waals surface area contributed by atoms with Crippen molar-refractivity contribution in [2.45, 2.75) is 19.3 Å². The zero-order valence-electron chi connectivity index (χ0n) is 17.0. The second-order valence-corrected chi connectivity index (χ2v) is 8.41. The van der Waals surface area contributed by atoms with Crippen molar-refractivity contribution in [2.24, 2.45) is 5.73 Å². The van der Waals surface area contributed by atoms with Gasteiger partial charge in [0.25, 0.3) is 0 Å². The molecule has 0 aliphatic heterocycles. The Morgan fingerprint density at radius 1 is 1.22 bits per heavy atom. The maximum atomic E-state index is 14.8. The number of nitrogen functional groups attached to an aromatic ring is 1. The Kier molecular flexibility index (Phi) is 5.16. The normalized spacial score (nSPS) is 12.7. The van der Waals surface area contributed by atoms with Crippen LogP contribution in [0.5, 0.6) is 0 Å². The summed E-state index contributed by atoms with van der Waals surface area (Å²) >= 11 is 1.34. The number of pyridine rings is 1. The molecule has 1 aromatic carbocycles. The van der Waals surface area contributed by atoms with Crippen LogP contribution in [-0.2, 0) is 17.6 Å². The molecule has 0 unspecified atom stereocenters. The fraction of sp³-hybridized carbons (Fsp3) is 0.182. The number of hydrogen-bond donors (Lipinski definition) is 3. The second-order valence-electron chi connectivity index (χ2n) is 7.41. The molecule has 1 aliphatic rings. The zero-order valence-corrected chi connectivity index (χ0v) is 17.8. The van der Waals surface area contributed by atoms with Crippen molar-refractivity contribution >= 4 is 28.2 Å². The van der Waals surface area contributed by atoms with Crippen molar-refractivity contribution in [3.63, 3.8) is 0 Å². The van der Waals surface area contributed by atoms with E-state index in [2.05, 4.69) is 15.3 Å². The second kappa shape index (κ2) is 8.13. The number of anilines is 2. The lowest BCUT2D eigenvalue weighted by Crippen LogP contribution is -2.21. The summed E-state index contributed by atoms with van der Waals surface area (Å²) in [5.74, 6) is -0.282. The first-order chi connectivity index (χ1) is 15.5. The number of nitrogens with one attached hydrogen (secondary N) is 1. The van der Waals surface area contributed by atoms with Crippen LogP contribution in [0.1, 0.15) is 17.7 Å². The quantitative estimate of drug-likeness (QED) is 0.440. The van der Waals surface area contributed by atoms with E-state index < -0.39 is 0 Å². The van der Waals surface area contributed by atoms with E-state index in [9.17, 15) is 9.18 Å². The molecule has 3 heterocycles. The van der Waals surface area contributed by atoms with Crippen LogP contribution in [0.2, 0.25) is 0 Å². The molecule has 8 nitrogen and oxygen atoms in total. The molecule has 0 radical (unpaired) electrons. The summed E-state index contributed by atoms with van der Waals surface area (Å²) in [6.45, 7) is -0.128. The first-order valence-electron chi connectivity index (χ1n) is 10.1. The van der Waals surface area contributed by atoms with E-state index in [1.165, 1.54) is 17.4 Å². The lowest BCUT2D eigenvalue weighted by molar-refractivity contribution is -0.114. The van der Waals surface area contributed by atoms with Gasteiger partial charge in [0.05, 0.1) is 28.5 Å². The molecular weight excluding hydrogens is 429 g/mol. The number of halogens is 1. The summed E-state index contributed by atoms with van der Waals surface area (Å²) in [5.41, 5.74) is 15.7. The monoisotopic (exact) mass is 449 g/mol. The predicted octanol–water partition coefficient (Wildman–Crippen LogP) is 3.17. The van der Waals surface area contributed by atoms with E-state index in [1.807, 2.05) is 6.07 Å². The highest BCUT2D eigenvalue weighted by molar-refractivity contribution is 7.19. The lowest BCUT2D eigenvalue weighted by Gasteiger charge is -2.08. The van der Waals surface area contributed by atoms with Crippen LogP contribution in [0, 0.1) is 5.82 Å². The average Bonchev–Trinajstić information content (AvgIpc) is 3.31. The lowest BCUT2D eigenvalue weighted by atomic mass is 10.0. The van der Waals surface area contributed by atoms with Gasteiger partial charge < -0.3 is 16.8 Å². The minimum Gasteiger partial charge on any atom is -0.384 e. The van der Waals surface area contributed by atoms with Gasteiger partial charge in [-0.1, -0.05) is 23.5 Å². The van der Waals surface area contributed by atoms with Crippen molar-refractivity contribution in [2.75, 3.05) is 17.6 Å². The molecule has 1 amide bonds. The van der Waals surface area contributed by atoms with Crippen molar-refractivity contribution in [1.82, 2.24) is 19.7 Å². The van der Waals surface area contributed by atoms with Crippen LogP contribution in [0.25, 0.3) is 27.5 Å². The van der Waals surface area contributed by atoms with Gasteiger partial charge in [-0.25, -0.2) is 19.0 Å². The van der Waals surface area contributed by atoms with Gasteiger partial charge in [0.15, 0.2) is 5.13 Å². The van der Waals surface area contributed by atoms with Gasteiger partial charge in [-0.05, 0) is 43.5 Å². The third-order valence-corrected chi connectivity index (χ3v) is 6.33. The van der Waals surface area contributed by atoms with Crippen molar-refractivity contribution in [1.29, 1.82) is 0 Å². The number of benzene rings is 1. The highest BCUT2D eigenvalue weighted by Gasteiger charge is 2.29. The number of nitrogens with two attached hydrogens (primary N) is 2. The van der Waals surface area contributed by atoms with Crippen LogP contribution in [0.4, 0.5) is 15.3 Å². The maximum absolute atomic E-state index is 14.8. The van der Waals surface area contributed by atoms with E-state index in [1.54, 1.807) is 35.1 Å². The standard InChI is InChI=1S/C22H20FN7OS/c23-14-5-1-2-7-16(14)30-20-13(19(29-30)12-8-9-17(25)26-11-12)4-3-6-15-21(20)32-22(27-15)28-18(31)10-24/h1-2,5,7-9,11H,3-4,6,10,24H2,(H2,25,26)(H,27,28,31). The number of carbonyl (C=O) groups excluding carboxylic acids is 1. The SMILES string of the molecule is NCC(=O)Nc1nc2c(s1)-c1c(c(-c3ccc(N)nc3)nn1-c1ccccc1F)CCC2. The summed E-state index contributed by atoms with van der Waals surface area (Å²) < 4.78 is 16.5. The molecule has 162 valence electrons. The van der Waals surface area contributed by atoms with Crippen molar-refractivity contribution in [3.05, 3.63) is 59.7 Å². The molecule has 0 spiro atoms. The molecule has 0 saturated carbocycles. The third kappa shape index (κ3) is 3.53. The maximum Gasteiger partial charge on any atom is 0.239 e. The van der Waals surface area contributed by atoms with Gasteiger partial charge in [0.2, 0.25) is 5.91 Å². The van der Waals surface area contributed by atoms with E-state index >= 15 is 0 Å². The molecule has 10 heteroatoms. The molecule has 1 aliphatic carbocycles. The Hall–Kier alpha value is -3.63. The molecule has 0 fully saturated rings. The number of fused-ring (bicyclic) bond motifs is 3. The minimum absolute atomic E-state index is 0.128. The van der Waals surface area contributed by atoms with Gasteiger partial charge in [-0.3, -0.25) is 4.79 Å². The Bertz CT molecular complexity index is 1310. The fourth-order valence-electron chi connectivity index (χ4n) is 3.86. The van der Waals surface area contributed by atoms with Gasteiger partial charge in [-0.15, -0.1) is 0 Å². The Morgan fingerprint density at radius 3 is 2.81 bits per heavy atom. The van der Waals surface area contributed by atoms with Crippen molar-refractivity contribution in [3.8, 4) is 27.5 Å².